The highest BCUT2D eigenvalue weighted by Crippen LogP contribution is 2.51. The van der Waals surface area contributed by atoms with E-state index < -0.39 is 0 Å². The fourth-order valence-corrected chi connectivity index (χ4v) is 4.73. The van der Waals surface area contributed by atoms with Crippen molar-refractivity contribution >= 4 is 5.91 Å². The van der Waals surface area contributed by atoms with Gasteiger partial charge >= 0.3 is 0 Å². The molecule has 1 amide bonds. The number of primary amides is 1. The van der Waals surface area contributed by atoms with Crippen LogP contribution in [0.2, 0.25) is 0 Å². The van der Waals surface area contributed by atoms with Gasteiger partial charge in [-0.25, -0.2) is 0 Å². The molecule has 1 aromatic rings. The molecule has 126 valence electrons. The summed E-state index contributed by atoms with van der Waals surface area (Å²) >= 11 is 0. The quantitative estimate of drug-likeness (QED) is 0.929. The second-order valence-corrected chi connectivity index (χ2v) is 7.31. The molecule has 1 saturated carbocycles. The highest BCUT2D eigenvalue weighted by molar-refractivity contribution is 5.92. The van der Waals surface area contributed by atoms with Crippen LogP contribution in [-0.4, -0.2) is 37.0 Å². The number of nitrogens with zero attached hydrogens (tertiary/aromatic N) is 1. The predicted octanol–water partition coefficient (Wildman–Crippen LogP) is 2.77. The highest BCUT2D eigenvalue weighted by atomic mass is 16.5. The Balaban J connectivity index is 2.03. The maximum atomic E-state index is 11.6. The van der Waals surface area contributed by atoms with Crippen molar-refractivity contribution in [3.8, 4) is 0 Å². The van der Waals surface area contributed by atoms with Crippen molar-refractivity contribution in [1.29, 1.82) is 0 Å². The van der Waals surface area contributed by atoms with E-state index in [1.54, 1.807) is 6.07 Å². The predicted molar refractivity (Wildman–Crippen MR) is 91.2 cm³/mol. The molecule has 23 heavy (non-hydrogen) atoms. The Kier molecular flexibility index (Phi) is 4.47. The van der Waals surface area contributed by atoms with Crippen molar-refractivity contribution < 1.29 is 9.53 Å². The van der Waals surface area contributed by atoms with Gasteiger partial charge in [0.05, 0.1) is 0 Å². The van der Waals surface area contributed by atoms with Crippen LogP contribution in [0.3, 0.4) is 0 Å². The fraction of sp³-hybridized carbons (Fsp3) is 0.632. The van der Waals surface area contributed by atoms with Crippen molar-refractivity contribution in [2.24, 2.45) is 17.6 Å². The molecule has 1 aliphatic heterocycles. The Hall–Kier alpha value is -1.39. The number of piperidine rings is 1. The Morgan fingerprint density at radius 1 is 1.30 bits per heavy atom. The minimum absolute atomic E-state index is 0.283. The SMILES string of the molecule is COC1(c2cccc(C(N)=O)c2)[C@@H]2CCC[C@H]1CN(C(C)C)C2. The molecule has 3 atom stereocenters. The van der Waals surface area contributed by atoms with Crippen molar-refractivity contribution in [1.82, 2.24) is 4.90 Å². The van der Waals surface area contributed by atoms with E-state index in [1.165, 1.54) is 19.3 Å². The standard InChI is InChI=1S/C19H28N2O2/c1-13(2)21-11-16-8-5-9-17(12-21)19(16,23-3)15-7-4-6-14(10-15)18(20)22/h4,6-7,10,13,16-17H,5,8-9,11-12H2,1-3H3,(H2,20,22)/t16-,17+,19?. The number of hydrogen-bond acceptors (Lipinski definition) is 3. The molecule has 1 aliphatic carbocycles. The van der Waals surface area contributed by atoms with Crippen LogP contribution in [0.4, 0.5) is 0 Å². The number of ether oxygens (including phenoxy) is 1. The minimum atomic E-state index is -0.372. The molecule has 0 radical (unpaired) electrons. The van der Waals surface area contributed by atoms with Crippen molar-refractivity contribution in [3.05, 3.63) is 35.4 Å². The molecule has 2 N–H and O–H groups in total. The van der Waals surface area contributed by atoms with Gasteiger partial charge in [-0.05, 0) is 44.4 Å². The van der Waals surface area contributed by atoms with Gasteiger partial charge in [0.1, 0.15) is 5.60 Å². The molecule has 1 aromatic carbocycles. The monoisotopic (exact) mass is 316 g/mol. The van der Waals surface area contributed by atoms with Crippen LogP contribution in [0, 0.1) is 11.8 Å². The van der Waals surface area contributed by atoms with Crippen LogP contribution < -0.4 is 5.73 Å². The average molecular weight is 316 g/mol. The molecule has 1 heterocycles. The summed E-state index contributed by atoms with van der Waals surface area (Å²) in [6, 6.07) is 8.33. The topological polar surface area (TPSA) is 55.6 Å². The molecular formula is C19H28N2O2. The summed E-state index contributed by atoms with van der Waals surface area (Å²) in [5, 5.41) is 0. The zero-order valence-electron chi connectivity index (χ0n) is 14.4. The van der Waals surface area contributed by atoms with E-state index in [0.29, 0.717) is 23.4 Å². The number of nitrogens with two attached hydrogens (primary N) is 1. The fourth-order valence-electron chi connectivity index (χ4n) is 4.73. The van der Waals surface area contributed by atoms with Crippen molar-refractivity contribution in [2.45, 2.75) is 44.8 Å². The molecule has 0 aromatic heterocycles. The average Bonchev–Trinajstić information content (AvgIpc) is 2.53. The van der Waals surface area contributed by atoms with Gasteiger partial charge in [0.2, 0.25) is 5.91 Å². The summed E-state index contributed by atoms with van der Waals surface area (Å²) in [7, 11) is 1.83. The minimum Gasteiger partial charge on any atom is -0.373 e. The zero-order valence-corrected chi connectivity index (χ0v) is 14.4. The van der Waals surface area contributed by atoms with Crippen LogP contribution >= 0.6 is 0 Å². The lowest BCUT2D eigenvalue weighted by atomic mass is 9.62. The summed E-state index contributed by atoms with van der Waals surface area (Å²) in [4.78, 5) is 14.2. The number of fused-ring (bicyclic) bond motifs is 2. The van der Waals surface area contributed by atoms with E-state index in [1.807, 2.05) is 19.2 Å². The van der Waals surface area contributed by atoms with Crippen molar-refractivity contribution in [2.75, 3.05) is 20.2 Å². The van der Waals surface area contributed by atoms with Gasteiger partial charge in [0.15, 0.2) is 0 Å². The first-order valence-electron chi connectivity index (χ1n) is 8.68. The largest absolute Gasteiger partial charge is 0.373 e. The normalized spacial score (nSPS) is 31.3. The second-order valence-electron chi connectivity index (χ2n) is 7.31. The maximum Gasteiger partial charge on any atom is 0.248 e. The summed E-state index contributed by atoms with van der Waals surface area (Å²) in [6.45, 7) is 6.65. The van der Waals surface area contributed by atoms with Gasteiger partial charge in [-0.15, -0.1) is 0 Å². The lowest BCUT2D eigenvalue weighted by Crippen LogP contribution is -2.60. The van der Waals surface area contributed by atoms with Gasteiger partial charge in [0, 0.05) is 43.6 Å². The van der Waals surface area contributed by atoms with E-state index in [4.69, 9.17) is 10.5 Å². The van der Waals surface area contributed by atoms with Crippen LogP contribution in [0.1, 0.15) is 49.0 Å². The number of carbonyl (C=O) groups excluding carboxylic acids is 1. The molecule has 2 aliphatic rings. The van der Waals surface area contributed by atoms with Gasteiger partial charge in [-0.3, -0.25) is 4.79 Å². The second kappa shape index (κ2) is 6.25. The first-order valence-corrected chi connectivity index (χ1v) is 8.68. The highest BCUT2D eigenvalue weighted by Gasteiger charge is 2.53. The molecule has 2 fully saturated rings. The molecule has 0 spiro atoms. The molecule has 1 saturated heterocycles. The van der Waals surface area contributed by atoms with Gasteiger partial charge in [-0.1, -0.05) is 18.6 Å². The van der Waals surface area contributed by atoms with E-state index >= 15 is 0 Å². The van der Waals surface area contributed by atoms with E-state index in [0.717, 1.165) is 18.7 Å². The van der Waals surface area contributed by atoms with Gasteiger partial charge in [-0.2, -0.15) is 0 Å². The summed E-state index contributed by atoms with van der Waals surface area (Å²) in [5.74, 6) is 0.555. The zero-order chi connectivity index (χ0) is 16.6. The van der Waals surface area contributed by atoms with Crippen LogP contribution in [0.25, 0.3) is 0 Å². The Morgan fingerprint density at radius 2 is 1.96 bits per heavy atom. The lowest BCUT2D eigenvalue weighted by molar-refractivity contribution is -0.172. The molecular weight excluding hydrogens is 288 g/mol. The van der Waals surface area contributed by atoms with E-state index in [9.17, 15) is 4.79 Å². The number of methoxy groups -OCH3 is 1. The molecule has 4 heteroatoms. The summed E-state index contributed by atoms with van der Waals surface area (Å²) in [6.07, 6.45) is 3.62. The van der Waals surface area contributed by atoms with Crippen LogP contribution in [0.15, 0.2) is 24.3 Å². The van der Waals surface area contributed by atoms with E-state index in [-0.39, 0.29) is 11.5 Å². The lowest BCUT2D eigenvalue weighted by Gasteiger charge is -2.56. The maximum absolute atomic E-state index is 11.6. The first-order chi connectivity index (χ1) is 11.0. The first kappa shape index (κ1) is 16.5. The number of carbonyl (C=O) groups is 1. The molecule has 4 nitrogen and oxygen atoms in total. The Labute approximate surface area is 139 Å². The molecule has 3 rings (SSSR count). The van der Waals surface area contributed by atoms with Crippen LogP contribution in [-0.2, 0) is 10.3 Å². The van der Waals surface area contributed by atoms with Gasteiger partial charge < -0.3 is 15.4 Å². The smallest absolute Gasteiger partial charge is 0.248 e. The number of likely N-dealkylation sites (tertiary alicyclic amines) is 1. The summed E-state index contributed by atoms with van der Waals surface area (Å²) < 4.78 is 6.22. The Morgan fingerprint density at radius 3 is 2.48 bits per heavy atom. The van der Waals surface area contributed by atoms with Gasteiger partial charge in [0.25, 0.3) is 0 Å². The van der Waals surface area contributed by atoms with E-state index in [2.05, 4.69) is 24.8 Å². The third kappa shape index (κ3) is 2.68. The molecule has 2 bridgehead atoms. The third-order valence-corrected chi connectivity index (χ3v) is 5.89. The summed E-state index contributed by atoms with van der Waals surface area (Å²) in [5.41, 5.74) is 6.90. The number of amides is 1. The third-order valence-electron chi connectivity index (χ3n) is 5.89. The Bertz CT molecular complexity index is 570. The van der Waals surface area contributed by atoms with Crippen molar-refractivity contribution in [3.63, 3.8) is 0 Å². The number of hydrogen-bond donors (Lipinski definition) is 1. The molecule has 1 unspecified atom stereocenters. The number of rotatable bonds is 4. The number of benzene rings is 1. The van der Waals surface area contributed by atoms with Crippen LogP contribution in [0.5, 0.6) is 0 Å².